The van der Waals surface area contributed by atoms with Gasteiger partial charge in [-0.2, -0.15) is 26.3 Å². The van der Waals surface area contributed by atoms with Crippen molar-refractivity contribution in [2.75, 3.05) is 0 Å². The molecule has 0 aromatic heterocycles. The van der Waals surface area contributed by atoms with Crippen molar-refractivity contribution in [3.63, 3.8) is 0 Å². The van der Waals surface area contributed by atoms with Crippen molar-refractivity contribution in [1.82, 2.24) is 0 Å². The van der Waals surface area contributed by atoms with Gasteiger partial charge in [0, 0.05) is 0 Å². The van der Waals surface area contributed by atoms with Gasteiger partial charge in [0.1, 0.15) is 23.0 Å². The summed E-state index contributed by atoms with van der Waals surface area (Å²) in [4.78, 5) is 0. The van der Waals surface area contributed by atoms with Gasteiger partial charge < -0.3 is 9.47 Å². The molecule has 198 valence electrons. The van der Waals surface area contributed by atoms with Crippen molar-refractivity contribution >= 4 is 0 Å². The van der Waals surface area contributed by atoms with Gasteiger partial charge in [0.05, 0.1) is 0 Å². The highest BCUT2D eigenvalue weighted by molar-refractivity contribution is 5.48. The highest BCUT2D eigenvalue weighted by atomic mass is 19.4. The Bertz CT molecular complexity index is 1390. The number of hydrogen-bond acceptors (Lipinski definition) is 2. The smallest absolute Gasteiger partial charge is 0.411 e. The third-order valence-electron chi connectivity index (χ3n) is 6.36. The summed E-state index contributed by atoms with van der Waals surface area (Å²) in [6, 6.07) is 19.7. The van der Waals surface area contributed by atoms with E-state index in [2.05, 4.69) is 0 Å². The third-order valence-corrected chi connectivity index (χ3v) is 6.36. The van der Waals surface area contributed by atoms with Gasteiger partial charge >= 0.3 is 12.4 Å². The van der Waals surface area contributed by atoms with E-state index < -0.39 is 28.9 Å². The molecule has 0 aliphatic heterocycles. The number of rotatable bonds is 6. The van der Waals surface area contributed by atoms with Crippen LogP contribution in [0, 0.1) is 20.8 Å². The monoisotopic (exact) mass is 530 g/mol. The molecular formula is C30H24F6O2. The van der Waals surface area contributed by atoms with Crippen LogP contribution in [0.15, 0.2) is 91.0 Å². The molecule has 0 fully saturated rings. The second-order valence-electron chi connectivity index (χ2n) is 9.06. The summed E-state index contributed by atoms with van der Waals surface area (Å²) in [5.41, 5.74) is -3.38. The van der Waals surface area contributed by atoms with E-state index in [9.17, 15) is 26.3 Å². The maximum Gasteiger partial charge on any atom is 0.411 e. The summed E-state index contributed by atoms with van der Waals surface area (Å²) in [6.07, 6.45) is -11.4. The lowest BCUT2D eigenvalue weighted by molar-refractivity contribution is -0.288. The molecule has 0 radical (unpaired) electrons. The van der Waals surface area contributed by atoms with Crippen molar-refractivity contribution in [2.45, 2.75) is 38.5 Å². The van der Waals surface area contributed by atoms with Crippen molar-refractivity contribution in [1.29, 1.82) is 0 Å². The first-order valence-corrected chi connectivity index (χ1v) is 11.7. The van der Waals surface area contributed by atoms with Crippen molar-refractivity contribution < 1.29 is 35.8 Å². The molecule has 4 aromatic rings. The van der Waals surface area contributed by atoms with Gasteiger partial charge in [0.15, 0.2) is 0 Å². The Balaban J connectivity index is 1.72. The van der Waals surface area contributed by atoms with Gasteiger partial charge in [0.2, 0.25) is 5.41 Å². The van der Waals surface area contributed by atoms with Gasteiger partial charge in [-0.1, -0.05) is 42.5 Å². The molecule has 4 aromatic carbocycles. The van der Waals surface area contributed by atoms with E-state index in [1.165, 1.54) is 0 Å². The highest BCUT2D eigenvalue weighted by Crippen LogP contribution is 2.56. The summed E-state index contributed by atoms with van der Waals surface area (Å²) in [5, 5.41) is 0. The molecule has 0 atom stereocenters. The molecule has 0 heterocycles. The maximum atomic E-state index is 14.5. The molecule has 0 unspecified atom stereocenters. The van der Waals surface area contributed by atoms with Gasteiger partial charge in [-0.25, -0.2) is 0 Å². The fraction of sp³-hybridized carbons (Fsp3) is 0.200. The summed E-state index contributed by atoms with van der Waals surface area (Å²) < 4.78 is 98.2. The van der Waals surface area contributed by atoms with Crippen LogP contribution in [0.5, 0.6) is 23.0 Å². The maximum absolute atomic E-state index is 14.5. The molecular weight excluding hydrogens is 506 g/mol. The van der Waals surface area contributed by atoms with Gasteiger partial charge in [0.25, 0.3) is 0 Å². The lowest BCUT2D eigenvalue weighted by atomic mass is 9.73. The molecule has 0 saturated carbocycles. The minimum atomic E-state index is -5.69. The van der Waals surface area contributed by atoms with E-state index in [1.54, 1.807) is 30.3 Å². The van der Waals surface area contributed by atoms with E-state index in [4.69, 9.17) is 9.47 Å². The predicted molar refractivity (Wildman–Crippen MR) is 133 cm³/mol. The minimum absolute atomic E-state index is 0.106. The topological polar surface area (TPSA) is 18.5 Å². The van der Waals surface area contributed by atoms with E-state index in [1.807, 2.05) is 32.9 Å². The van der Waals surface area contributed by atoms with E-state index in [0.29, 0.717) is 11.5 Å². The molecule has 0 N–H and O–H groups in total. The van der Waals surface area contributed by atoms with Crippen LogP contribution in [-0.4, -0.2) is 12.4 Å². The molecule has 0 spiro atoms. The Morgan fingerprint density at radius 2 is 0.921 bits per heavy atom. The van der Waals surface area contributed by atoms with Gasteiger partial charge in [-0.3, -0.25) is 0 Å². The molecule has 4 rings (SSSR count). The normalized spacial score (nSPS) is 12.3. The van der Waals surface area contributed by atoms with Crippen LogP contribution in [0.3, 0.4) is 0 Å². The molecule has 2 nitrogen and oxygen atoms in total. The number of hydrogen-bond donors (Lipinski definition) is 0. The van der Waals surface area contributed by atoms with Crippen LogP contribution < -0.4 is 9.47 Å². The largest absolute Gasteiger partial charge is 0.457 e. The molecule has 0 amide bonds. The number of ether oxygens (including phenoxy) is 2. The van der Waals surface area contributed by atoms with Crippen molar-refractivity contribution in [3.8, 4) is 23.0 Å². The standard InChI is InChI=1S/C30H24F6O2/c1-19-5-4-6-26(17-19)37-24-13-8-22(9-14-24)28(29(31,32)33,30(34,35)36)23-10-15-25(16-11-23)38-27-12-7-20(2)21(3)18-27/h4-18H,1-3H3. The fourth-order valence-corrected chi connectivity index (χ4v) is 4.26. The Morgan fingerprint density at radius 3 is 1.34 bits per heavy atom. The lowest BCUT2D eigenvalue weighted by Crippen LogP contribution is -2.54. The third kappa shape index (κ3) is 5.21. The summed E-state index contributed by atoms with van der Waals surface area (Å²) in [7, 11) is 0. The average Bonchev–Trinajstić information content (AvgIpc) is 2.82. The Labute approximate surface area is 216 Å². The number of aryl methyl sites for hydroxylation is 3. The van der Waals surface area contributed by atoms with Crippen LogP contribution >= 0.6 is 0 Å². The van der Waals surface area contributed by atoms with Crippen molar-refractivity contribution in [3.05, 3.63) is 119 Å². The zero-order chi connectivity index (χ0) is 27.7. The Hall–Kier alpha value is -3.94. The van der Waals surface area contributed by atoms with Crippen LogP contribution in [0.25, 0.3) is 0 Å². The molecule has 38 heavy (non-hydrogen) atoms. The van der Waals surface area contributed by atoms with Gasteiger partial charge in [-0.05, 0) is 97.1 Å². The highest BCUT2D eigenvalue weighted by Gasteiger charge is 2.72. The first kappa shape index (κ1) is 27.1. The summed E-state index contributed by atoms with van der Waals surface area (Å²) in [6.45, 7) is 5.60. The second kappa shape index (κ2) is 10.1. The van der Waals surface area contributed by atoms with Crippen molar-refractivity contribution in [2.24, 2.45) is 0 Å². The first-order valence-electron chi connectivity index (χ1n) is 11.7. The summed E-state index contributed by atoms with van der Waals surface area (Å²) in [5.74, 6) is 1.05. The minimum Gasteiger partial charge on any atom is -0.457 e. The van der Waals surface area contributed by atoms with Crippen LogP contribution in [0.1, 0.15) is 27.8 Å². The zero-order valence-electron chi connectivity index (χ0n) is 20.7. The quantitative estimate of drug-likeness (QED) is 0.231. The van der Waals surface area contributed by atoms with Crippen LogP contribution in [0.4, 0.5) is 26.3 Å². The van der Waals surface area contributed by atoms with E-state index in [-0.39, 0.29) is 11.5 Å². The summed E-state index contributed by atoms with van der Waals surface area (Å²) >= 11 is 0. The second-order valence-corrected chi connectivity index (χ2v) is 9.06. The molecule has 0 aliphatic rings. The fourth-order valence-electron chi connectivity index (χ4n) is 4.26. The average molecular weight is 531 g/mol. The molecule has 0 aliphatic carbocycles. The molecule has 0 saturated heterocycles. The zero-order valence-corrected chi connectivity index (χ0v) is 20.7. The number of halogens is 6. The van der Waals surface area contributed by atoms with E-state index >= 15 is 0 Å². The lowest BCUT2D eigenvalue weighted by Gasteiger charge is -2.38. The SMILES string of the molecule is Cc1cccc(Oc2ccc(C(c3ccc(Oc4ccc(C)c(C)c4)cc3)(C(F)(F)F)C(F)(F)F)cc2)c1. The van der Waals surface area contributed by atoms with Crippen LogP contribution in [0.2, 0.25) is 0 Å². The number of alkyl halides is 6. The molecule has 8 heteroatoms. The molecule has 0 bridgehead atoms. The first-order chi connectivity index (χ1) is 17.8. The predicted octanol–water partition coefficient (Wildman–Crippen LogP) is 9.61. The van der Waals surface area contributed by atoms with E-state index in [0.717, 1.165) is 65.2 Å². The van der Waals surface area contributed by atoms with Gasteiger partial charge in [-0.15, -0.1) is 0 Å². The van der Waals surface area contributed by atoms with Crippen LogP contribution in [-0.2, 0) is 5.41 Å². The number of benzene rings is 4. The Morgan fingerprint density at radius 1 is 0.474 bits per heavy atom. The Kier molecular flexibility index (Phi) is 7.19.